The average Bonchev–Trinajstić information content (AvgIpc) is 3.08. The molecule has 3 aliphatic heterocycles. The molecule has 3 atom stereocenters. The van der Waals surface area contributed by atoms with Crippen LogP contribution in [0.2, 0.25) is 0 Å². The summed E-state index contributed by atoms with van der Waals surface area (Å²) in [4.78, 5) is 21.5. The first-order valence-corrected chi connectivity index (χ1v) is 8.75. The van der Waals surface area contributed by atoms with E-state index in [0.717, 1.165) is 45.8 Å². The van der Waals surface area contributed by atoms with Crippen LogP contribution in [0.5, 0.6) is 0 Å². The van der Waals surface area contributed by atoms with Gasteiger partial charge >= 0.3 is 0 Å². The van der Waals surface area contributed by atoms with Crippen molar-refractivity contribution in [3.05, 3.63) is 30.1 Å². The molecule has 2 bridgehead atoms. The molecule has 5 heteroatoms. The van der Waals surface area contributed by atoms with E-state index in [9.17, 15) is 4.79 Å². The largest absolute Gasteiger partial charge is 0.381 e. The Morgan fingerprint density at radius 2 is 2.09 bits per heavy atom. The van der Waals surface area contributed by atoms with Crippen molar-refractivity contribution in [1.82, 2.24) is 14.8 Å². The number of hydrogen-bond donors (Lipinski definition) is 0. The molecule has 0 radical (unpaired) electrons. The Kier molecular flexibility index (Phi) is 4.31. The van der Waals surface area contributed by atoms with E-state index < -0.39 is 0 Å². The summed E-state index contributed by atoms with van der Waals surface area (Å²) in [6.07, 6.45) is 5.96. The molecule has 124 valence electrons. The lowest BCUT2D eigenvalue weighted by molar-refractivity contribution is -0.140. The van der Waals surface area contributed by atoms with Crippen LogP contribution in [-0.2, 0) is 16.1 Å². The molecule has 3 saturated heterocycles. The van der Waals surface area contributed by atoms with Gasteiger partial charge in [0.15, 0.2) is 0 Å². The van der Waals surface area contributed by atoms with Crippen LogP contribution in [0.1, 0.15) is 18.4 Å². The number of nitrogens with zero attached hydrogens (tertiary/aromatic N) is 3. The fraction of sp³-hybridized carbons (Fsp3) is 0.667. The maximum atomic E-state index is 12.6. The van der Waals surface area contributed by atoms with Gasteiger partial charge in [0.1, 0.15) is 0 Å². The second-order valence-corrected chi connectivity index (χ2v) is 7.33. The Bertz CT molecular complexity index is 530. The van der Waals surface area contributed by atoms with Crippen molar-refractivity contribution in [1.29, 1.82) is 0 Å². The standard InChI is InChI=1S/C18H25N3O2/c22-18(17-3-5-23-13-17)21-11-15-6-16(12-21)10-20(9-15)8-14-2-1-4-19-7-14/h1-2,4,7,15-17H,3,5-6,8-13H2/t15-,16-,17+/m0/s1. The average molecular weight is 315 g/mol. The van der Waals surface area contributed by atoms with Crippen molar-refractivity contribution >= 4 is 5.91 Å². The van der Waals surface area contributed by atoms with Crippen LogP contribution in [0.3, 0.4) is 0 Å². The predicted octanol–water partition coefficient (Wildman–Crippen LogP) is 1.40. The highest BCUT2D eigenvalue weighted by Crippen LogP contribution is 2.31. The molecule has 4 heterocycles. The molecule has 0 N–H and O–H groups in total. The molecule has 0 saturated carbocycles. The third kappa shape index (κ3) is 3.40. The highest BCUT2D eigenvalue weighted by molar-refractivity contribution is 5.79. The normalized spacial score (nSPS) is 31.3. The van der Waals surface area contributed by atoms with Crippen molar-refractivity contribution < 1.29 is 9.53 Å². The minimum atomic E-state index is 0.111. The van der Waals surface area contributed by atoms with Crippen molar-refractivity contribution in [3.63, 3.8) is 0 Å². The first kappa shape index (κ1) is 15.1. The molecule has 0 spiro atoms. The Balaban J connectivity index is 1.36. The van der Waals surface area contributed by atoms with Gasteiger partial charge < -0.3 is 9.64 Å². The zero-order valence-corrected chi connectivity index (χ0v) is 13.6. The lowest BCUT2D eigenvalue weighted by atomic mass is 9.84. The van der Waals surface area contributed by atoms with Gasteiger partial charge in [-0.25, -0.2) is 0 Å². The first-order valence-electron chi connectivity index (χ1n) is 8.75. The van der Waals surface area contributed by atoms with Crippen LogP contribution in [0.25, 0.3) is 0 Å². The van der Waals surface area contributed by atoms with Gasteiger partial charge in [-0.1, -0.05) is 6.07 Å². The van der Waals surface area contributed by atoms with Gasteiger partial charge in [-0.3, -0.25) is 14.7 Å². The molecule has 3 fully saturated rings. The molecule has 23 heavy (non-hydrogen) atoms. The summed E-state index contributed by atoms with van der Waals surface area (Å²) in [7, 11) is 0. The summed E-state index contributed by atoms with van der Waals surface area (Å²) in [5, 5.41) is 0. The lowest BCUT2D eigenvalue weighted by Gasteiger charge is -2.46. The van der Waals surface area contributed by atoms with Crippen LogP contribution in [0.4, 0.5) is 0 Å². The minimum absolute atomic E-state index is 0.111. The minimum Gasteiger partial charge on any atom is -0.381 e. The van der Waals surface area contributed by atoms with E-state index in [1.807, 2.05) is 18.5 Å². The van der Waals surface area contributed by atoms with Crippen LogP contribution in [0.15, 0.2) is 24.5 Å². The number of carbonyl (C=O) groups excluding carboxylic acids is 1. The number of ether oxygens (including phenoxy) is 1. The van der Waals surface area contributed by atoms with E-state index in [1.165, 1.54) is 12.0 Å². The van der Waals surface area contributed by atoms with Crippen molar-refractivity contribution in [2.45, 2.75) is 19.4 Å². The number of amides is 1. The number of hydrogen-bond acceptors (Lipinski definition) is 4. The summed E-state index contributed by atoms with van der Waals surface area (Å²) in [5.41, 5.74) is 1.28. The third-order valence-electron chi connectivity index (χ3n) is 5.38. The summed E-state index contributed by atoms with van der Waals surface area (Å²) in [6.45, 7) is 6.39. The summed E-state index contributed by atoms with van der Waals surface area (Å²) in [5.74, 6) is 1.68. The Morgan fingerprint density at radius 1 is 1.26 bits per heavy atom. The molecule has 0 aliphatic carbocycles. The lowest BCUT2D eigenvalue weighted by Crippen LogP contribution is -2.54. The predicted molar refractivity (Wildman–Crippen MR) is 86.6 cm³/mol. The quantitative estimate of drug-likeness (QED) is 0.846. The van der Waals surface area contributed by atoms with Gasteiger partial charge in [0.25, 0.3) is 0 Å². The highest BCUT2D eigenvalue weighted by atomic mass is 16.5. The van der Waals surface area contributed by atoms with Crippen LogP contribution >= 0.6 is 0 Å². The second kappa shape index (κ2) is 6.57. The Labute approximate surface area is 137 Å². The van der Waals surface area contributed by atoms with Crippen LogP contribution in [-0.4, -0.2) is 60.1 Å². The van der Waals surface area contributed by atoms with E-state index in [2.05, 4.69) is 20.9 Å². The smallest absolute Gasteiger partial charge is 0.228 e. The third-order valence-corrected chi connectivity index (χ3v) is 5.38. The number of fused-ring (bicyclic) bond motifs is 2. The number of aromatic nitrogens is 1. The number of piperidine rings is 2. The van der Waals surface area contributed by atoms with Crippen molar-refractivity contribution in [2.24, 2.45) is 17.8 Å². The van der Waals surface area contributed by atoms with E-state index in [1.54, 1.807) is 0 Å². The van der Waals surface area contributed by atoms with E-state index in [4.69, 9.17) is 4.74 Å². The van der Waals surface area contributed by atoms with Crippen LogP contribution < -0.4 is 0 Å². The van der Waals surface area contributed by atoms with E-state index in [0.29, 0.717) is 24.3 Å². The van der Waals surface area contributed by atoms with Crippen LogP contribution in [0, 0.1) is 17.8 Å². The van der Waals surface area contributed by atoms with Gasteiger partial charge in [-0.05, 0) is 36.3 Å². The fourth-order valence-electron chi connectivity index (χ4n) is 4.43. The second-order valence-electron chi connectivity index (χ2n) is 7.33. The van der Waals surface area contributed by atoms with E-state index >= 15 is 0 Å². The molecule has 4 rings (SSSR count). The zero-order valence-electron chi connectivity index (χ0n) is 13.6. The van der Waals surface area contributed by atoms with Crippen molar-refractivity contribution in [2.75, 3.05) is 39.4 Å². The molecule has 0 unspecified atom stereocenters. The number of likely N-dealkylation sites (tertiary alicyclic amines) is 2. The maximum Gasteiger partial charge on any atom is 0.228 e. The summed E-state index contributed by atoms with van der Waals surface area (Å²) >= 11 is 0. The zero-order chi connectivity index (χ0) is 15.6. The highest BCUT2D eigenvalue weighted by Gasteiger charge is 2.38. The first-order chi connectivity index (χ1) is 11.3. The monoisotopic (exact) mass is 315 g/mol. The molecule has 1 amide bonds. The van der Waals surface area contributed by atoms with Crippen molar-refractivity contribution in [3.8, 4) is 0 Å². The molecule has 1 aromatic heterocycles. The molecule has 3 aliphatic rings. The van der Waals surface area contributed by atoms with Gasteiger partial charge in [0, 0.05) is 51.7 Å². The SMILES string of the molecule is O=C([C@@H]1CCOC1)N1C[C@H]2C[C@@H](CN(Cc3cccnc3)C2)C1. The molecule has 0 aromatic carbocycles. The Hall–Kier alpha value is -1.46. The van der Waals surface area contributed by atoms with Gasteiger partial charge in [-0.15, -0.1) is 0 Å². The number of rotatable bonds is 3. The molecule has 5 nitrogen and oxygen atoms in total. The molecular formula is C18H25N3O2. The summed E-state index contributed by atoms with van der Waals surface area (Å²) < 4.78 is 5.38. The fourth-order valence-corrected chi connectivity index (χ4v) is 4.43. The number of carbonyl (C=O) groups is 1. The summed E-state index contributed by atoms with van der Waals surface area (Å²) in [6, 6.07) is 4.15. The maximum absolute atomic E-state index is 12.6. The molecule has 1 aromatic rings. The number of pyridine rings is 1. The Morgan fingerprint density at radius 3 is 2.74 bits per heavy atom. The molecular weight excluding hydrogens is 290 g/mol. The van der Waals surface area contributed by atoms with E-state index in [-0.39, 0.29) is 5.92 Å². The van der Waals surface area contributed by atoms with Gasteiger partial charge in [0.05, 0.1) is 12.5 Å². The van der Waals surface area contributed by atoms with Gasteiger partial charge in [-0.2, -0.15) is 0 Å². The topological polar surface area (TPSA) is 45.7 Å². The van der Waals surface area contributed by atoms with Gasteiger partial charge in [0.2, 0.25) is 5.91 Å².